The maximum Gasteiger partial charge on any atom is 0.390 e. The normalized spacial score (nSPS) is 12.6. The molecule has 1 amide bonds. The van der Waals surface area contributed by atoms with Crippen LogP contribution in [0, 0.1) is 5.41 Å². The van der Waals surface area contributed by atoms with Crippen molar-refractivity contribution >= 4 is 5.91 Å². The van der Waals surface area contributed by atoms with Crippen LogP contribution in [0.25, 0.3) is 0 Å². The van der Waals surface area contributed by atoms with Gasteiger partial charge in [0.2, 0.25) is 5.91 Å². The second kappa shape index (κ2) is 6.97. The second-order valence-corrected chi connectivity index (χ2v) is 5.38. The fraction of sp³-hybridized carbons (Fsp3) is 0.917. The van der Waals surface area contributed by atoms with Crippen molar-refractivity contribution in [2.24, 2.45) is 11.1 Å². The number of nitrogens with two attached hydrogens (primary N) is 1. The molecule has 0 atom stereocenters. The molecule has 0 aromatic rings. The van der Waals surface area contributed by atoms with Crippen molar-refractivity contribution in [2.45, 2.75) is 45.7 Å². The number of nitrogens with zero attached hydrogens (tertiary/aromatic N) is 1. The minimum Gasteiger partial charge on any atom is -0.345 e. The summed E-state index contributed by atoms with van der Waals surface area (Å²) in [7, 11) is 1.41. The van der Waals surface area contributed by atoms with Gasteiger partial charge in [0.25, 0.3) is 0 Å². The van der Waals surface area contributed by atoms with Gasteiger partial charge in [-0.1, -0.05) is 13.8 Å². The summed E-state index contributed by atoms with van der Waals surface area (Å²) in [6, 6.07) is 0. The lowest BCUT2D eigenvalue weighted by molar-refractivity contribution is -0.144. The predicted molar refractivity (Wildman–Crippen MR) is 65.0 cm³/mol. The molecule has 0 aliphatic heterocycles. The maximum atomic E-state index is 12.0. The van der Waals surface area contributed by atoms with Gasteiger partial charge in [-0.15, -0.1) is 0 Å². The van der Waals surface area contributed by atoms with E-state index in [1.54, 1.807) is 0 Å². The molecule has 0 spiro atoms. The molecule has 3 nitrogen and oxygen atoms in total. The highest BCUT2D eigenvalue weighted by Gasteiger charge is 2.28. The average Bonchev–Trinajstić information content (AvgIpc) is 2.21. The summed E-state index contributed by atoms with van der Waals surface area (Å²) in [4.78, 5) is 12.8. The van der Waals surface area contributed by atoms with Gasteiger partial charge >= 0.3 is 6.18 Å². The van der Waals surface area contributed by atoms with Crippen LogP contribution in [-0.4, -0.2) is 37.1 Å². The SMILES string of the molecule is CN(CCC(F)(F)F)C(=O)CCC(C)(C)CCN. The molecule has 6 heteroatoms. The van der Waals surface area contributed by atoms with Crippen LogP contribution >= 0.6 is 0 Å². The molecule has 0 aliphatic rings. The molecule has 0 aliphatic carbocycles. The first-order valence-corrected chi connectivity index (χ1v) is 6.08. The molecule has 0 aromatic heterocycles. The molecule has 0 unspecified atom stereocenters. The quantitative estimate of drug-likeness (QED) is 0.771. The van der Waals surface area contributed by atoms with Gasteiger partial charge in [-0.3, -0.25) is 4.79 Å². The molecule has 0 radical (unpaired) electrons. The summed E-state index contributed by atoms with van der Waals surface area (Å²) in [5, 5.41) is 0. The minimum absolute atomic E-state index is 0.0464. The maximum absolute atomic E-state index is 12.0. The highest BCUT2D eigenvalue weighted by molar-refractivity contribution is 5.75. The Kier molecular flexibility index (Phi) is 6.67. The molecule has 0 bridgehead atoms. The van der Waals surface area contributed by atoms with Gasteiger partial charge in [0, 0.05) is 20.0 Å². The Morgan fingerprint density at radius 2 is 1.72 bits per heavy atom. The van der Waals surface area contributed by atoms with Gasteiger partial charge in [-0.2, -0.15) is 13.2 Å². The van der Waals surface area contributed by atoms with E-state index in [0.717, 1.165) is 11.3 Å². The summed E-state index contributed by atoms with van der Waals surface area (Å²) in [6.45, 7) is 4.27. The van der Waals surface area contributed by atoms with Crippen molar-refractivity contribution in [3.05, 3.63) is 0 Å². The Morgan fingerprint density at radius 3 is 2.17 bits per heavy atom. The first-order chi connectivity index (χ1) is 8.07. The van der Waals surface area contributed by atoms with E-state index in [1.807, 2.05) is 13.8 Å². The van der Waals surface area contributed by atoms with Crippen LogP contribution < -0.4 is 5.73 Å². The van der Waals surface area contributed by atoms with Crippen LogP contribution in [0.2, 0.25) is 0 Å². The highest BCUT2D eigenvalue weighted by Crippen LogP contribution is 2.26. The topological polar surface area (TPSA) is 46.3 Å². The van der Waals surface area contributed by atoms with E-state index in [9.17, 15) is 18.0 Å². The molecule has 0 aromatic carbocycles. The summed E-state index contributed by atoms with van der Waals surface area (Å²) < 4.78 is 36.0. The zero-order chi connectivity index (χ0) is 14.4. The van der Waals surface area contributed by atoms with Crippen molar-refractivity contribution in [3.63, 3.8) is 0 Å². The fourth-order valence-electron chi connectivity index (χ4n) is 1.57. The minimum atomic E-state index is -4.21. The molecule has 0 rings (SSSR count). The molecular weight excluding hydrogens is 245 g/mol. The highest BCUT2D eigenvalue weighted by atomic mass is 19.4. The predicted octanol–water partition coefficient (Wildman–Crippen LogP) is 2.55. The molecule has 0 heterocycles. The summed E-state index contributed by atoms with van der Waals surface area (Å²) in [5.41, 5.74) is 5.41. The number of carbonyl (C=O) groups is 1. The number of rotatable bonds is 7. The second-order valence-electron chi connectivity index (χ2n) is 5.38. The van der Waals surface area contributed by atoms with E-state index in [4.69, 9.17) is 5.73 Å². The van der Waals surface area contributed by atoms with Gasteiger partial charge in [0.15, 0.2) is 0 Å². The Morgan fingerprint density at radius 1 is 1.17 bits per heavy atom. The third-order valence-electron chi connectivity index (χ3n) is 2.99. The Labute approximate surface area is 107 Å². The molecular formula is C12H23F3N2O. The van der Waals surface area contributed by atoms with E-state index >= 15 is 0 Å². The largest absolute Gasteiger partial charge is 0.390 e. The Hall–Kier alpha value is -0.780. The number of hydrogen-bond acceptors (Lipinski definition) is 2. The zero-order valence-electron chi connectivity index (χ0n) is 11.3. The van der Waals surface area contributed by atoms with E-state index in [1.165, 1.54) is 7.05 Å². The van der Waals surface area contributed by atoms with E-state index in [2.05, 4.69) is 0 Å². The van der Waals surface area contributed by atoms with Gasteiger partial charge in [-0.25, -0.2) is 0 Å². The lowest BCUT2D eigenvalue weighted by atomic mass is 9.84. The van der Waals surface area contributed by atoms with Gasteiger partial charge < -0.3 is 10.6 Å². The number of alkyl halides is 3. The van der Waals surface area contributed by atoms with E-state index < -0.39 is 12.6 Å². The molecule has 0 fully saturated rings. The Balaban J connectivity index is 4.02. The van der Waals surface area contributed by atoms with Gasteiger partial charge in [0.1, 0.15) is 0 Å². The number of carbonyl (C=O) groups excluding carboxylic acids is 1. The lowest BCUT2D eigenvalue weighted by Gasteiger charge is -2.25. The monoisotopic (exact) mass is 268 g/mol. The molecule has 2 N–H and O–H groups in total. The molecule has 18 heavy (non-hydrogen) atoms. The van der Waals surface area contributed by atoms with Crippen LogP contribution in [0.15, 0.2) is 0 Å². The molecule has 0 saturated heterocycles. The third-order valence-corrected chi connectivity index (χ3v) is 2.99. The summed E-state index contributed by atoms with van der Waals surface area (Å²) >= 11 is 0. The first-order valence-electron chi connectivity index (χ1n) is 6.08. The third kappa shape index (κ3) is 8.33. The number of hydrogen-bond donors (Lipinski definition) is 1. The molecule has 0 saturated carbocycles. The average molecular weight is 268 g/mol. The van der Waals surface area contributed by atoms with Gasteiger partial charge in [0.05, 0.1) is 6.42 Å². The van der Waals surface area contributed by atoms with Crippen LogP contribution in [0.4, 0.5) is 13.2 Å². The van der Waals surface area contributed by atoms with Crippen LogP contribution in [0.3, 0.4) is 0 Å². The first kappa shape index (κ1) is 17.2. The van der Waals surface area contributed by atoms with Crippen LogP contribution in [-0.2, 0) is 4.79 Å². The smallest absolute Gasteiger partial charge is 0.345 e. The van der Waals surface area contributed by atoms with Crippen molar-refractivity contribution in [2.75, 3.05) is 20.1 Å². The lowest BCUT2D eigenvalue weighted by Crippen LogP contribution is -2.31. The summed E-state index contributed by atoms with van der Waals surface area (Å²) in [6.07, 6.45) is -3.47. The van der Waals surface area contributed by atoms with E-state index in [0.29, 0.717) is 13.0 Å². The number of halogens is 3. The molecule has 108 valence electrons. The summed E-state index contributed by atoms with van der Waals surface area (Å²) in [5.74, 6) is -0.246. The van der Waals surface area contributed by atoms with Gasteiger partial charge in [-0.05, 0) is 24.8 Å². The van der Waals surface area contributed by atoms with Crippen molar-refractivity contribution in [3.8, 4) is 0 Å². The van der Waals surface area contributed by atoms with Crippen LogP contribution in [0.1, 0.15) is 39.5 Å². The van der Waals surface area contributed by atoms with Crippen molar-refractivity contribution in [1.82, 2.24) is 4.90 Å². The van der Waals surface area contributed by atoms with Crippen molar-refractivity contribution in [1.29, 1.82) is 0 Å². The van der Waals surface area contributed by atoms with Crippen molar-refractivity contribution < 1.29 is 18.0 Å². The standard InChI is InChI=1S/C12H23F3N2O/c1-11(2,6-8-16)5-4-10(18)17(3)9-7-12(13,14)15/h4-9,16H2,1-3H3. The van der Waals surface area contributed by atoms with Crippen LogP contribution in [0.5, 0.6) is 0 Å². The zero-order valence-corrected chi connectivity index (χ0v) is 11.3. The number of amides is 1. The van der Waals surface area contributed by atoms with E-state index in [-0.39, 0.29) is 24.3 Å². The fourth-order valence-corrected chi connectivity index (χ4v) is 1.57. The Bertz CT molecular complexity index is 265.